The number of halogens is 1. The van der Waals surface area contributed by atoms with Crippen molar-refractivity contribution in [1.29, 1.82) is 0 Å². The lowest BCUT2D eigenvalue weighted by atomic mass is 9.95. The Kier molecular flexibility index (Phi) is 6.07. The van der Waals surface area contributed by atoms with Gasteiger partial charge in [-0.05, 0) is 30.7 Å². The highest BCUT2D eigenvalue weighted by Crippen LogP contribution is 2.38. The first kappa shape index (κ1) is 21.4. The Labute approximate surface area is 184 Å². The zero-order valence-corrected chi connectivity index (χ0v) is 17.4. The molecule has 2 N–H and O–H groups in total. The molecule has 0 saturated carbocycles. The van der Waals surface area contributed by atoms with Gasteiger partial charge in [0.1, 0.15) is 24.7 Å². The quantitative estimate of drug-likeness (QED) is 0.646. The standard InChI is InChI=1S/C23H22FN3O5/c1-2-31-18-6-4-3-5-16(18)21-20-17(13-32-22(20)29)27(23(30)26-21)12-19(28)25-11-14-7-9-15(24)10-8-14/h3-10,21H,2,11-13H2,1H3,(H,25,28)(H,26,30). The maximum Gasteiger partial charge on any atom is 0.338 e. The molecule has 0 bridgehead atoms. The van der Waals surface area contributed by atoms with Crippen LogP contribution in [0.3, 0.4) is 0 Å². The summed E-state index contributed by atoms with van der Waals surface area (Å²) in [5.41, 5.74) is 1.99. The van der Waals surface area contributed by atoms with Crippen molar-refractivity contribution in [1.82, 2.24) is 15.5 Å². The molecule has 0 radical (unpaired) electrons. The van der Waals surface area contributed by atoms with Crippen LogP contribution in [0.15, 0.2) is 59.8 Å². The number of benzene rings is 2. The molecule has 4 rings (SSSR count). The first-order valence-corrected chi connectivity index (χ1v) is 10.2. The number of urea groups is 1. The third-order valence-electron chi connectivity index (χ3n) is 5.23. The Morgan fingerprint density at radius 3 is 2.72 bits per heavy atom. The molecule has 166 valence electrons. The van der Waals surface area contributed by atoms with Gasteiger partial charge in [0.15, 0.2) is 0 Å². The molecule has 2 aliphatic heterocycles. The SMILES string of the molecule is CCOc1ccccc1C1NC(=O)N(CC(=O)NCc2ccc(F)cc2)C2=C1C(=O)OC2. The van der Waals surface area contributed by atoms with Gasteiger partial charge in [0.2, 0.25) is 5.91 Å². The number of hydrogen-bond acceptors (Lipinski definition) is 5. The molecule has 0 fully saturated rings. The highest BCUT2D eigenvalue weighted by molar-refractivity contribution is 5.98. The third-order valence-corrected chi connectivity index (χ3v) is 5.23. The molecule has 1 atom stereocenters. The number of carbonyl (C=O) groups excluding carboxylic acids is 3. The van der Waals surface area contributed by atoms with Crippen LogP contribution in [0, 0.1) is 5.82 Å². The molecule has 3 amide bonds. The van der Waals surface area contributed by atoms with Crippen molar-refractivity contribution >= 4 is 17.9 Å². The Hall–Kier alpha value is -3.88. The molecule has 1 unspecified atom stereocenters. The average molecular weight is 439 g/mol. The van der Waals surface area contributed by atoms with Crippen LogP contribution < -0.4 is 15.4 Å². The monoisotopic (exact) mass is 439 g/mol. The minimum Gasteiger partial charge on any atom is -0.494 e. The van der Waals surface area contributed by atoms with Gasteiger partial charge in [0.25, 0.3) is 0 Å². The summed E-state index contributed by atoms with van der Waals surface area (Å²) < 4.78 is 23.9. The van der Waals surface area contributed by atoms with Crippen molar-refractivity contribution < 1.29 is 28.2 Å². The summed E-state index contributed by atoms with van der Waals surface area (Å²) in [6, 6.07) is 11.6. The number of ether oxygens (including phenoxy) is 2. The van der Waals surface area contributed by atoms with E-state index in [9.17, 15) is 18.8 Å². The van der Waals surface area contributed by atoms with Crippen LogP contribution in [0.4, 0.5) is 9.18 Å². The maximum atomic E-state index is 13.0. The molecule has 0 aliphatic carbocycles. The average Bonchev–Trinajstić information content (AvgIpc) is 3.17. The summed E-state index contributed by atoms with van der Waals surface area (Å²) in [4.78, 5) is 39.1. The van der Waals surface area contributed by atoms with Crippen LogP contribution in [0.1, 0.15) is 24.1 Å². The number of hydrogen-bond donors (Lipinski definition) is 2. The van der Waals surface area contributed by atoms with Gasteiger partial charge in [0, 0.05) is 12.1 Å². The number of nitrogens with one attached hydrogen (secondary N) is 2. The lowest BCUT2D eigenvalue weighted by Crippen LogP contribution is -2.50. The largest absolute Gasteiger partial charge is 0.494 e. The Balaban J connectivity index is 1.54. The van der Waals surface area contributed by atoms with Gasteiger partial charge < -0.3 is 20.1 Å². The smallest absolute Gasteiger partial charge is 0.338 e. The minimum atomic E-state index is -0.742. The molecule has 2 aromatic carbocycles. The Morgan fingerprint density at radius 1 is 1.22 bits per heavy atom. The van der Waals surface area contributed by atoms with E-state index in [1.807, 2.05) is 6.92 Å². The van der Waals surface area contributed by atoms with E-state index in [0.29, 0.717) is 23.6 Å². The summed E-state index contributed by atoms with van der Waals surface area (Å²) in [6.45, 7) is 2.06. The molecule has 2 aromatic rings. The molecular weight excluding hydrogens is 417 g/mol. The lowest BCUT2D eigenvalue weighted by Gasteiger charge is -2.33. The van der Waals surface area contributed by atoms with Crippen LogP contribution in [0.5, 0.6) is 5.75 Å². The number of cyclic esters (lactones) is 1. The number of carbonyl (C=O) groups is 3. The van der Waals surface area contributed by atoms with E-state index in [4.69, 9.17) is 9.47 Å². The van der Waals surface area contributed by atoms with Gasteiger partial charge in [-0.3, -0.25) is 9.69 Å². The van der Waals surface area contributed by atoms with E-state index in [-0.39, 0.29) is 31.1 Å². The highest BCUT2D eigenvalue weighted by atomic mass is 19.1. The van der Waals surface area contributed by atoms with E-state index in [1.165, 1.54) is 17.0 Å². The summed E-state index contributed by atoms with van der Waals surface area (Å²) in [5, 5.41) is 5.49. The van der Waals surface area contributed by atoms with Crippen molar-refractivity contribution in [3.8, 4) is 5.75 Å². The fourth-order valence-corrected chi connectivity index (χ4v) is 3.72. The van der Waals surface area contributed by atoms with Crippen LogP contribution in [-0.4, -0.2) is 42.6 Å². The zero-order valence-electron chi connectivity index (χ0n) is 17.4. The number of rotatable bonds is 7. The van der Waals surface area contributed by atoms with Crippen molar-refractivity contribution in [2.24, 2.45) is 0 Å². The van der Waals surface area contributed by atoms with Gasteiger partial charge in [-0.15, -0.1) is 0 Å². The first-order chi connectivity index (χ1) is 15.5. The Morgan fingerprint density at radius 2 is 1.97 bits per heavy atom. The predicted molar refractivity (Wildman–Crippen MR) is 112 cm³/mol. The van der Waals surface area contributed by atoms with E-state index in [2.05, 4.69) is 10.6 Å². The molecule has 9 heteroatoms. The number of esters is 1. The molecule has 0 spiro atoms. The van der Waals surface area contributed by atoms with Crippen LogP contribution >= 0.6 is 0 Å². The minimum absolute atomic E-state index is 0.0971. The molecule has 2 heterocycles. The molecule has 0 saturated heterocycles. The van der Waals surface area contributed by atoms with Gasteiger partial charge in [-0.1, -0.05) is 30.3 Å². The summed E-state index contributed by atoms with van der Waals surface area (Å²) in [7, 11) is 0. The van der Waals surface area contributed by atoms with Gasteiger partial charge in [-0.2, -0.15) is 0 Å². The third kappa shape index (κ3) is 4.27. The van der Waals surface area contributed by atoms with E-state index < -0.39 is 23.9 Å². The van der Waals surface area contributed by atoms with Crippen molar-refractivity contribution in [3.63, 3.8) is 0 Å². The Bertz CT molecular complexity index is 1080. The predicted octanol–water partition coefficient (Wildman–Crippen LogP) is 2.42. The first-order valence-electron chi connectivity index (χ1n) is 10.2. The number of amides is 3. The van der Waals surface area contributed by atoms with Gasteiger partial charge >= 0.3 is 12.0 Å². The van der Waals surface area contributed by atoms with Crippen LogP contribution in [-0.2, 0) is 20.9 Å². The van der Waals surface area contributed by atoms with Crippen molar-refractivity contribution in [2.45, 2.75) is 19.5 Å². The molecular formula is C23H22FN3O5. The van der Waals surface area contributed by atoms with Crippen LogP contribution in [0.25, 0.3) is 0 Å². The molecule has 8 nitrogen and oxygen atoms in total. The highest BCUT2D eigenvalue weighted by Gasteiger charge is 2.43. The fraction of sp³-hybridized carbons (Fsp3) is 0.261. The topological polar surface area (TPSA) is 97.0 Å². The van der Waals surface area contributed by atoms with Crippen molar-refractivity contribution in [3.05, 3.63) is 76.7 Å². The molecule has 32 heavy (non-hydrogen) atoms. The second-order valence-electron chi connectivity index (χ2n) is 7.28. The van der Waals surface area contributed by atoms with Gasteiger partial charge in [-0.25, -0.2) is 14.0 Å². The van der Waals surface area contributed by atoms with Crippen LogP contribution in [0.2, 0.25) is 0 Å². The van der Waals surface area contributed by atoms with Gasteiger partial charge in [0.05, 0.1) is 23.9 Å². The fourth-order valence-electron chi connectivity index (χ4n) is 3.72. The number of para-hydroxylation sites is 1. The van der Waals surface area contributed by atoms with E-state index in [1.54, 1.807) is 36.4 Å². The lowest BCUT2D eigenvalue weighted by molar-refractivity contribution is -0.136. The van der Waals surface area contributed by atoms with E-state index in [0.717, 1.165) is 5.56 Å². The normalized spacial score (nSPS) is 17.6. The summed E-state index contributed by atoms with van der Waals surface area (Å²) in [5.74, 6) is -0.787. The summed E-state index contributed by atoms with van der Waals surface area (Å²) >= 11 is 0. The second kappa shape index (κ2) is 9.09. The molecule has 2 aliphatic rings. The molecule has 0 aromatic heterocycles. The van der Waals surface area contributed by atoms with Crippen molar-refractivity contribution in [2.75, 3.05) is 19.8 Å². The number of nitrogens with zero attached hydrogens (tertiary/aromatic N) is 1. The van der Waals surface area contributed by atoms with E-state index >= 15 is 0 Å². The zero-order chi connectivity index (χ0) is 22.7. The second-order valence-corrected chi connectivity index (χ2v) is 7.28. The maximum absolute atomic E-state index is 13.0. The summed E-state index contributed by atoms with van der Waals surface area (Å²) in [6.07, 6.45) is 0.